The molecule has 25 heavy (non-hydrogen) atoms. The molecular weight excluding hydrogens is 348 g/mol. The molecule has 0 saturated carbocycles. The molecule has 0 bridgehead atoms. The minimum absolute atomic E-state index is 0.139. The summed E-state index contributed by atoms with van der Waals surface area (Å²) in [7, 11) is -3.99. The zero-order chi connectivity index (χ0) is 18.4. The molecule has 0 radical (unpaired) electrons. The van der Waals surface area contributed by atoms with Crippen molar-refractivity contribution >= 4 is 22.1 Å². The second-order valence-corrected chi connectivity index (χ2v) is 7.43. The van der Waals surface area contributed by atoms with Gasteiger partial charge in [0.2, 0.25) is 0 Å². The predicted octanol–water partition coefficient (Wildman–Crippen LogP) is 0.922. The predicted molar refractivity (Wildman–Crippen MR) is 89.8 cm³/mol. The Balaban J connectivity index is 2.04. The van der Waals surface area contributed by atoms with Crippen molar-refractivity contribution in [3.05, 3.63) is 35.9 Å². The third-order valence-corrected chi connectivity index (χ3v) is 5.64. The van der Waals surface area contributed by atoms with Crippen molar-refractivity contribution in [2.45, 2.75) is 25.8 Å². The van der Waals surface area contributed by atoms with Gasteiger partial charge in [0.05, 0.1) is 12.5 Å². The van der Waals surface area contributed by atoms with Crippen LogP contribution in [0.1, 0.15) is 31.4 Å². The number of ether oxygens (including phenoxy) is 1. The second kappa shape index (κ2) is 8.41. The van der Waals surface area contributed by atoms with Gasteiger partial charge in [-0.15, -0.1) is 0 Å². The Kier molecular flexibility index (Phi) is 6.51. The van der Waals surface area contributed by atoms with E-state index in [0.717, 1.165) is 0 Å². The first-order chi connectivity index (χ1) is 11.8. The number of carboxylic acid groups (broad SMARTS) is 1. The number of esters is 1. The van der Waals surface area contributed by atoms with E-state index in [0.29, 0.717) is 18.4 Å². The Morgan fingerprint density at radius 2 is 1.88 bits per heavy atom. The third-order valence-electron chi connectivity index (χ3n) is 4.06. The van der Waals surface area contributed by atoms with Gasteiger partial charge < -0.3 is 9.84 Å². The first-order valence-corrected chi connectivity index (χ1v) is 9.51. The SMILES string of the molecule is CCOC(=O)C1CCN(S(=O)(=O)N[C@H](C(=O)O)c2ccccc2)CC1. The van der Waals surface area contributed by atoms with E-state index >= 15 is 0 Å². The standard InChI is InChI=1S/C16H22N2O6S/c1-2-24-16(21)13-8-10-18(11-9-13)25(22,23)17-14(15(19)20)12-6-4-3-5-7-12/h3-7,13-14,17H,2,8-11H2,1H3,(H,19,20)/t14-/m0/s1. The van der Waals surface area contributed by atoms with Crippen molar-refractivity contribution in [3.8, 4) is 0 Å². The summed E-state index contributed by atoms with van der Waals surface area (Å²) in [4.78, 5) is 23.2. The van der Waals surface area contributed by atoms with Crippen molar-refractivity contribution in [2.75, 3.05) is 19.7 Å². The number of nitrogens with one attached hydrogen (secondary N) is 1. The zero-order valence-corrected chi connectivity index (χ0v) is 14.7. The number of hydrogen-bond donors (Lipinski definition) is 2. The number of benzene rings is 1. The molecule has 0 amide bonds. The van der Waals surface area contributed by atoms with Gasteiger partial charge in [0.1, 0.15) is 6.04 Å². The molecule has 1 aromatic rings. The molecule has 0 unspecified atom stereocenters. The maximum absolute atomic E-state index is 12.5. The van der Waals surface area contributed by atoms with Gasteiger partial charge in [-0.2, -0.15) is 17.4 Å². The van der Waals surface area contributed by atoms with Gasteiger partial charge >= 0.3 is 11.9 Å². The number of carbonyl (C=O) groups is 2. The summed E-state index contributed by atoms with van der Waals surface area (Å²) in [5, 5.41) is 9.36. The van der Waals surface area contributed by atoms with Crippen LogP contribution in [0.4, 0.5) is 0 Å². The van der Waals surface area contributed by atoms with Crippen molar-refractivity contribution in [1.82, 2.24) is 9.03 Å². The number of aliphatic carboxylic acids is 1. The van der Waals surface area contributed by atoms with Gasteiger partial charge in [0, 0.05) is 13.1 Å². The zero-order valence-electron chi connectivity index (χ0n) is 13.9. The van der Waals surface area contributed by atoms with Gasteiger partial charge in [-0.05, 0) is 25.3 Å². The van der Waals surface area contributed by atoms with E-state index in [1.807, 2.05) is 0 Å². The van der Waals surface area contributed by atoms with Crippen molar-refractivity contribution in [3.63, 3.8) is 0 Å². The molecule has 0 aromatic heterocycles. The van der Waals surface area contributed by atoms with E-state index in [2.05, 4.69) is 4.72 Å². The number of hydrogen-bond acceptors (Lipinski definition) is 5. The van der Waals surface area contributed by atoms with E-state index in [-0.39, 0.29) is 31.6 Å². The topological polar surface area (TPSA) is 113 Å². The molecule has 1 saturated heterocycles. The van der Waals surface area contributed by atoms with Crippen molar-refractivity contribution in [1.29, 1.82) is 0 Å². The summed E-state index contributed by atoms with van der Waals surface area (Å²) in [5.74, 6) is -1.92. The van der Waals surface area contributed by atoms with E-state index in [9.17, 15) is 23.1 Å². The lowest BCUT2D eigenvalue weighted by Gasteiger charge is -2.31. The van der Waals surface area contributed by atoms with Crippen LogP contribution in [-0.4, -0.2) is 49.5 Å². The lowest BCUT2D eigenvalue weighted by Crippen LogP contribution is -2.48. The van der Waals surface area contributed by atoms with Gasteiger partial charge in [0.25, 0.3) is 10.2 Å². The van der Waals surface area contributed by atoms with Crippen LogP contribution in [0, 0.1) is 5.92 Å². The molecule has 8 nitrogen and oxygen atoms in total. The number of carboxylic acids is 1. The highest BCUT2D eigenvalue weighted by molar-refractivity contribution is 7.87. The molecule has 0 spiro atoms. The summed E-state index contributed by atoms with van der Waals surface area (Å²) in [6, 6.07) is 6.74. The molecule has 1 aromatic carbocycles. The smallest absolute Gasteiger partial charge is 0.326 e. The normalized spacial score (nSPS) is 17.8. The van der Waals surface area contributed by atoms with Gasteiger partial charge in [-0.3, -0.25) is 9.59 Å². The Labute approximate surface area is 147 Å². The maximum Gasteiger partial charge on any atom is 0.326 e. The lowest BCUT2D eigenvalue weighted by molar-refractivity contribution is -0.149. The monoisotopic (exact) mass is 370 g/mol. The highest BCUT2D eigenvalue weighted by Crippen LogP contribution is 2.22. The molecule has 1 aliphatic rings. The molecule has 1 heterocycles. The summed E-state index contributed by atoms with van der Waals surface area (Å²) >= 11 is 0. The number of nitrogens with zero attached hydrogens (tertiary/aromatic N) is 1. The minimum Gasteiger partial charge on any atom is -0.480 e. The Bertz CT molecular complexity index is 699. The van der Waals surface area contributed by atoms with Crippen molar-refractivity contribution < 1.29 is 27.9 Å². The lowest BCUT2D eigenvalue weighted by atomic mass is 9.98. The first kappa shape index (κ1) is 19.4. The van der Waals surface area contributed by atoms with Crippen LogP contribution in [0.15, 0.2) is 30.3 Å². The average molecular weight is 370 g/mol. The maximum atomic E-state index is 12.5. The molecular formula is C16H22N2O6S. The molecule has 9 heteroatoms. The van der Waals surface area contributed by atoms with Crippen molar-refractivity contribution in [2.24, 2.45) is 5.92 Å². The second-order valence-electron chi connectivity index (χ2n) is 5.73. The highest BCUT2D eigenvalue weighted by Gasteiger charge is 2.34. The fourth-order valence-corrected chi connectivity index (χ4v) is 4.10. The third kappa shape index (κ3) is 5.00. The number of carbonyl (C=O) groups excluding carboxylic acids is 1. The molecule has 2 rings (SSSR count). The highest BCUT2D eigenvalue weighted by atomic mass is 32.2. The Morgan fingerprint density at radius 3 is 2.40 bits per heavy atom. The van der Waals surface area contributed by atoms with Gasteiger partial charge in [-0.25, -0.2) is 0 Å². The average Bonchev–Trinajstić information content (AvgIpc) is 2.60. The minimum atomic E-state index is -3.99. The number of rotatable bonds is 7. The number of piperidine rings is 1. The fraction of sp³-hybridized carbons (Fsp3) is 0.500. The molecule has 1 aliphatic heterocycles. The van der Waals surface area contributed by atoms with E-state index in [4.69, 9.17) is 4.74 Å². The van der Waals surface area contributed by atoms with E-state index < -0.39 is 22.2 Å². The molecule has 1 atom stereocenters. The Morgan fingerprint density at radius 1 is 1.28 bits per heavy atom. The Hall–Kier alpha value is -1.97. The van der Waals surface area contributed by atoms with E-state index in [1.165, 1.54) is 4.31 Å². The summed E-state index contributed by atoms with van der Waals surface area (Å²) in [6.45, 7) is 2.28. The van der Waals surface area contributed by atoms with E-state index in [1.54, 1.807) is 37.3 Å². The van der Waals surface area contributed by atoms with Crippen LogP contribution in [-0.2, 0) is 24.5 Å². The summed E-state index contributed by atoms with van der Waals surface area (Å²) in [6.07, 6.45) is 0.700. The molecule has 0 aliphatic carbocycles. The quantitative estimate of drug-likeness (QED) is 0.690. The summed E-state index contributed by atoms with van der Waals surface area (Å²) < 4.78 is 33.4. The van der Waals surface area contributed by atoms with Crippen LogP contribution in [0.25, 0.3) is 0 Å². The van der Waals surface area contributed by atoms with Crippen LogP contribution < -0.4 is 4.72 Å². The summed E-state index contributed by atoms with van der Waals surface area (Å²) in [5.41, 5.74) is 0.347. The van der Waals surface area contributed by atoms with Crippen LogP contribution in [0.5, 0.6) is 0 Å². The van der Waals surface area contributed by atoms with Gasteiger partial charge in [0.15, 0.2) is 0 Å². The first-order valence-electron chi connectivity index (χ1n) is 8.07. The van der Waals surface area contributed by atoms with Crippen LogP contribution in [0.2, 0.25) is 0 Å². The molecule has 2 N–H and O–H groups in total. The molecule has 138 valence electrons. The molecule has 1 fully saturated rings. The van der Waals surface area contributed by atoms with Crippen LogP contribution in [0.3, 0.4) is 0 Å². The fourth-order valence-electron chi connectivity index (χ4n) is 2.72. The largest absolute Gasteiger partial charge is 0.480 e. The van der Waals surface area contributed by atoms with Gasteiger partial charge in [-0.1, -0.05) is 30.3 Å². The van der Waals surface area contributed by atoms with Crippen LogP contribution >= 0.6 is 0 Å².